The van der Waals surface area contributed by atoms with E-state index in [1.54, 1.807) is 13.2 Å². The molecule has 112 valence electrons. The van der Waals surface area contributed by atoms with Crippen molar-refractivity contribution in [1.82, 2.24) is 19.9 Å². The van der Waals surface area contributed by atoms with E-state index >= 15 is 0 Å². The van der Waals surface area contributed by atoms with Crippen molar-refractivity contribution in [2.24, 2.45) is 0 Å². The lowest BCUT2D eigenvalue weighted by molar-refractivity contribution is 0.292. The third kappa shape index (κ3) is 4.27. The molecule has 0 saturated heterocycles. The summed E-state index contributed by atoms with van der Waals surface area (Å²) >= 11 is 0. The van der Waals surface area contributed by atoms with Crippen LogP contribution in [0.1, 0.15) is 31.9 Å². The van der Waals surface area contributed by atoms with Gasteiger partial charge in [-0.05, 0) is 25.0 Å². The molecule has 1 atom stereocenters. The van der Waals surface area contributed by atoms with E-state index in [0.717, 1.165) is 12.0 Å². The van der Waals surface area contributed by atoms with Crippen molar-refractivity contribution in [3.8, 4) is 6.01 Å². The number of anilines is 2. The molecule has 2 aromatic heterocycles. The maximum Gasteiger partial charge on any atom is 0.323 e. The van der Waals surface area contributed by atoms with Crippen LogP contribution in [-0.4, -0.2) is 33.6 Å². The fourth-order valence-electron chi connectivity index (χ4n) is 1.70. The molecule has 2 aromatic rings. The Morgan fingerprint density at radius 3 is 2.71 bits per heavy atom. The van der Waals surface area contributed by atoms with E-state index < -0.39 is 0 Å². The summed E-state index contributed by atoms with van der Waals surface area (Å²) in [6.45, 7) is 4.63. The van der Waals surface area contributed by atoms with Gasteiger partial charge in [-0.3, -0.25) is 4.98 Å². The summed E-state index contributed by atoms with van der Waals surface area (Å²) in [5.41, 5.74) is 1.06. The fraction of sp³-hybridized carbons (Fsp3) is 0.429. The normalized spacial score (nSPS) is 11.8. The molecule has 0 radical (unpaired) electrons. The van der Waals surface area contributed by atoms with Gasteiger partial charge in [-0.15, -0.1) is 0 Å². The van der Waals surface area contributed by atoms with Gasteiger partial charge in [-0.2, -0.15) is 15.0 Å². The molecule has 7 nitrogen and oxygen atoms in total. The third-order valence-electron chi connectivity index (χ3n) is 2.80. The number of nitrogens with zero attached hydrogens (tertiary/aromatic N) is 4. The number of nitrogens with one attached hydrogen (secondary N) is 2. The van der Waals surface area contributed by atoms with Crippen LogP contribution >= 0.6 is 0 Å². The number of ether oxygens (including phenoxy) is 1. The minimum Gasteiger partial charge on any atom is -0.463 e. The molecule has 0 aliphatic carbocycles. The van der Waals surface area contributed by atoms with Crippen molar-refractivity contribution >= 4 is 11.9 Å². The molecule has 0 amide bonds. The second-order valence-electron chi connectivity index (χ2n) is 4.52. The molecular formula is C14H20N6O. The first kappa shape index (κ1) is 15.0. The molecule has 21 heavy (non-hydrogen) atoms. The Morgan fingerprint density at radius 1 is 1.24 bits per heavy atom. The SMILES string of the molecule is CCCOc1nc(NC)nc(NC(C)c2cccnc2)n1. The molecule has 0 aliphatic heterocycles. The average molecular weight is 288 g/mol. The van der Waals surface area contributed by atoms with Gasteiger partial charge < -0.3 is 15.4 Å². The highest BCUT2D eigenvalue weighted by Crippen LogP contribution is 2.18. The van der Waals surface area contributed by atoms with Gasteiger partial charge in [0, 0.05) is 19.4 Å². The molecule has 7 heteroatoms. The minimum atomic E-state index is 0.0323. The van der Waals surface area contributed by atoms with Crippen LogP contribution in [0, 0.1) is 0 Å². The summed E-state index contributed by atoms with van der Waals surface area (Å²) in [4.78, 5) is 16.8. The number of hydrogen-bond donors (Lipinski definition) is 2. The number of rotatable bonds is 7. The molecule has 2 heterocycles. The van der Waals surface area contributed by atoms with Gasteiger partial charge >= 0.3 is 6.01 Å². The van der Waals surface area contributed by atoms with Crippen LogP contribution in [0.2, 0.25) is 0 Å². The van der Waals surface area contributed by atoms with Gasteiger partial charge in [-0.1, -0.05) is 13.0 Å². The second-order valence-corrected chi connectivity index (χ2v) is 4.52. The number of aromatic nitrogens is 4. The van der Waals surface area contributed by atoms with Crippen LogP contribution in [0.5, 0.6) is 6.01 Å². The van der Waals surface area contributed by atoms with E-state index in [1.807, 2.05) is 32.2 Å². The topological polar surface area (TPSA) is 84.9 Å². The van der Waals surface area contributed by atoms with Gasteiger partial charge in [0.15, 0.2) is 0 Å². The smallest absolute Gasteiger partial charge is 0.323 e. The quantitative estimate of drug-likeness (QED) is 0.808. The predicted molar refractivity (Wildman–Crippen MR) is 81.4 cm³/mol. The standard InChI is InChI=1S/C14H20N6O/c1-4-8-21-14-19-12(15-3)18-13(20-14)17-10(2)11-6-5-7-16-9-11/h5-7,9-10H,4,8H2,1-3H3,(H2,15,17,18,19,20). The van der Waals surface area contributed by atoms with Crippen LogP contribution in [-0.2, 0) is 0 Å². The largest absolute Gasteiger partial charge is 0.463 e. The first-order valence-corrected chi connectivity index (χ1v) is 6.96. The highest BCUT2D eigenvalue weighted by molar-refractivity contribution is 5.37. The van der Waals surface area contributed by atoms with E-state index in [4.69, 9.17) is 4.74 Å². The van der Waals surface area contributed by atoms with Gasteiger partial charge in [-0.25, -0.2) is 0 Å². The molecule has 0 bridgehead atoms. The molecular weight excluding hydrogens is 268 g/mol. The van der Waals surface area contributed by atoms with Gasteiger partial charge in [0.2, 0.25) is 11.9 Å². The Balaban J connectivity index is 2.14. The lowest BCUT2D eigenvalue weighted by Crippen LogP contribution is -2.13. The maximum atomic E-state index is 5.47. The van der Waals surface area contributed by atoms with Gasteiger partial charge in [0.05, 0.1) is 12.6 Å². The van der Waals surface area contributed by atoms with Crippen molar-refractivity contribution in [2.45, 2.75) is 26.3 Å². The van der Waals surface area contributed by atoms with Crippen molar-refractivity contribution in [2.75, 3.05) is 24.3 Å². The summed E-state index contributed by atoms with van der Waals surface area (Å²) in [5.74, 6) is 0.939. The van der Waals surface area contributed by atoms with Crippen LogP contribution in [0.25, 0.3) is 0 Å². The van der Waals surface area contributed by atoms with Crippen molar-refractivity contribution < 1.29 is 4.74 Å². The average Bonchev–Trinajstić information content (AvgIpc) is 2.53. The minimum absolute atomic E-state index is 0.0323. The first-order valence-electron chi connectivity index (χ1n) is 6.96. The molecule has 0 spiro atoms. The number of pyridine rings is 1. The highest BCUT2D eigenvalue weighted by Gasteiger charge is 2.10. The summed E-state index contributed by atoms with van der Waals surface area (Å²) in [7, 11) is 1.76. The predicted octanol–water partition coefficient (Wildman–Crippen LogP) is 2.27. The third-order valence-corrected chi connectivity index (χ3v) is 2.80. The molecule has 0 aliphatic rings. The van der Waals surface area contributed by atoms with E-state index in [9.17, 15) is 0 Å². The van der Waals surface area contributed by atoms with E-state index in [0.29, 0.717) is 24.5 Å². The van der Waals surface area contributed by atoms with E-state index in [1.165, 1.54) is 0 Å². The summed E-state index contributed by atoms with van der Waals surface area (Å²) < 4.78 is 5.47. The van der Waals surface area contributed by atoms with Crippen LogP contribution in [0.3, 0.4) is 0 Å². The zero-order valence-corrected chi connectivity index (χ0v) is 12.5. The van der Waals surface area contributed by atoms with E-state index in [2.05, 4.69) is 30.6 Å². The van der Waals surface area contributed by atoms with Crippen LogP contribution in [0.15, 0.2) is 24.5 Å². The maximum absolute atomic E-state index is 5.47. The molecule has 0 fully saturated rings. The van der Waals surface area contributed by atoms with E-state index in [-0.39, 0.29) is 6.04 Å². The zero-order chi connectivity index (χ0) is 15.1. The van der Waals surface area contributed by atoms with Crippen LogP contribution in [0.4, 0.5) is 11.9 Å². The number of hydrogen-bond acceptors (Lipinski definition) is 7. The van der Waals surface area contributed by atoms with Crippen LogP contribution < -0.4 is 15.4 Å². The van der Waals surface area contributed by atoms with Crippen molar-refractivity contribution in [1.29, 1.82) is 0 Å². The molecule has 1 unspecified atom stereocenters. The molecule has 2 N–H and O–H groups in total. The van der Waals surface area contributed by atoms with Crippen molar-refractivity contribution in [3.05, 3.63) is 30.1 Å². The highest BCUT2D eigenvalue weighted by atomic mass is 16.5. The monoisotopic (exact) mass is 288 g/mol. The Bertz CT molecular complexity index is 563. The van der Waals surface area contributed by atoms with Gasteiger partial charge in [0.25, 0.3) is 0 Å². The summed E-state index contributed by atoms with van der Waals surface area (Å²) in [5, 5.41) is 6.13. The fourth-order valence-corrected chi connectivity index (χ4v) is 1.70. The molecule has 0 aromatic carbocycles. The Kier molecular flexibility index (Phi) is 5.25. The lowest BCUT2D eigenvalue weighted by Gasteiger charge is -2.14. The summed E-state index contributed by atoms with van der Waals surface area (Å²) in [6, 6.07) is 4.25. The molecule has 2 rings (SSSR count). The Morgan fingerprint density at radius 2 is 2.05 bits per heavy atom. The Labute approximate surface area is 124 Å². The zero-order valence-electron chi connectivity index (χ0n) is 12.5. The lowest BCUT2D eigenvalue weighted by atomic mass is 10.1. The molecule has 0 saturated carbocycles. The Hall–Kier alpha value is -2.44. The second kappa shape index (κ2) is 7.37. The summed E-state index contributed by atoms with van der Waals surface area (Å²) in [6.07, 6.45) is 4.46. The van der Waals surface area contributed by atoms with Crippen molar-refractivity contribution in [3.63, 3.8) is 0 Å². The van der Waals surface area contributed by atoms with Gasteiger partial charge in [0.1, 0.15) is 0 Å². The first-order chi connectivity index (χ1) is 10.2.